The maximum absolute atomic E-state index is 13.6. The SMILES string of the molecule is NC(=S)c1cc(F)c(NCc2ccon2)c(F)c1. The first-order chi connectivity index (χ1) is 8.58. The number of hydrogen-bond acceptors (Lipinski definition) is 4. The van der Waals surface area contributed by atoms with Gasteiger partial charge in [-0.3, -0.25) is 0 Å². The number of anilines is 1. The summed E-state index contributed by atoms with van der Waals surface area (Å²) in [5.41, 5.74) is 5.74. The van der Waals surface area contributed by atoms with E-state index in [9.17, 15) is 8.78 Å². The van der Waals surface area contributed by atoms with Crippen molar-refractivity contribution in [3.63, 3.8) is 0 Å². The van der Waals surface area contributed by atoms with Crippen molar-refractivity contribution in [1.29, 1.82) is 0 Å². The molecule has 0 radical (unpaired) electrons. The minimum atomic E-state index is -0.763. The molecule has 2 rings (SSSR count). The number of thiocarbonyl (C=S) groups is 1. The minimum absolute atomic E-state index is 0.0594. The van der Waals surface area contributed by atoms with E-state index in [4.69, 9.17) is 5.73 Å². The van der Waals surface area contributed by atoms with E-state index in [1.54, 1.807) is 6.07 Å². The fourth-order valence-electron chi connectivity index (χ4n) is 1.39. The highest BCUT2D eigenvalue weighted by Crippen LogP contribution is 2.21. The first kappa shape index (κ1) is 12.4. The van der Waals surface area contributed by atoms with Crippen LogP contribution >= 0.6 is 12.2 Å². The van der Waals surface area contributed by atoms with Crippen LogP contribution in [0.15, 0.2) is 29.0 Å². The van der Waals surface area contributed by atoms with Gasteiger partial charge in [-0.15, -0.1) is 0 Å². The summed E-state index contributed by atoms with van der Waals surface area (Å²) in [6, 6.07) is 3.75. The lowest BCUT2D eigenvalue weighted by atomic mass is 10.2. The Morgan fingerprint density at radius 3 is 2.56 bits per heavy atom. The number of rotatable bonds is 4. The second-order valence-electron chi connectivity index (χ2n) is 3.52. The Kier molecular flexibility index (Phi) is 3.52. The molecular weight excluding hydrogens is 260 g/mol. The standard InChI is InChI=1S/C11H9F2N3OS/c12-8-3-6(11(14)18)4-9(13)10(8)15-5-7-1-2-17-16-7/h1-4,15H,5H2,(H2,14,18). The quantitative estimate of drug-likeness (QED) is 0.833. The van der Waals surface area contributed by atoms with Crippen molar-refractivity contribution in [3.05, 3.63) is 47.4 Å². The summed E-state index contributed by atoms with van der Waals surface area (Å²) >= 11 is 4.66. The van der Waals surface area contributed by atoms with E-state index in [2.05, 4.69) is 27.2 Å². The Balaban J connectivity index is 2.20. The van der Waals surface area contributed by atoms with Crippen molar-refractivity contribution in [3.8, 4) is 0 Å². The molecule has 0 aliphatic heterocycles. The van der Waals surface area contributed by atoms with Crippen LogP contribution in [0, 0.1) is 11.6 Å². The van der Waals surface area contributed by atoms with E-state index < -0.39 is 11.6 Å². The second-order valence-corrected chi connectivity index (χ2v) is 3.96. The lowest BCUT2D eigenvalue weighted by Gasteiger charge is -2.09. The van der Waals surface area contributed by atoms with Gasteiger partial charge in [0.05, 0.1) is 6.54 Å². The molecule has 0 spiro atoms. The van der Waals surface area contributed by atoms with Gasteiger partial charge in [0.1, 0.15) is 34.3 Å². The highest BCUT2D eigenvalue weighted by molar-refractivity contribution is 7.80. The Bertz CT molecular complexity index is 549. The molecule has 0 amide bonds. The van der Waals surface area contributed by atoms with Gasteiger partial charge in [-0.25, -0.2) is 8.78 Å². The predicted octanol–water partition coefficient (Wildman–Crippen LogP) is 2.20. The molecule has 0 aliphatic rings. The predicted molar refractivity (Wildman–Crippen MR) is 66.1 cm³/mol. The number of nitrogens with one attached hydrogen (secondary N) is 1. The highest BCUT2D eigenvalue weighted by atomic mass is 32.1. The van der Waals surface area contributed by atoms with Crippen molar-refractivity contribution in [2.24, 2.45) is 5.73 Å². The summed E-state index contributed by atoms with van der Waals surface area (Å²) in [6.07, 6.45) is 1.37. The Labute approximate surface area is 107 Å². The van der Waals surface area contributed by atoms with Crippen LogP contribution in [0.1, 0.15) is 11.3 Å². The summed E-state index contributed by atoms with van der Waals surface area (Å²) in [4.78, 5) is -0.0594. The number of halogens is 2. The molecule has 0 saturated heterocycles. The Morgan fingerprint density at radius 2 is 2.06 bits per heavy atom. The zero-order valence-corrected chi connectivity index (χ0v) is 9.93. The van der Waals surface area contributed by atoms with Gasteiger partial charge >= 0.3 is 0 Å². The average molecular weight is 269 g/mol. The molecule has 0 unspecified atom stereocenters. The maximum atomic E-state index is 13.6. The van der Waals surface area contributed by atoms with E-state index in [-0.39, 0.29) is 22.8 Å². The molecule has 3 N–H and O–H groups in total. The van der Waals surface area contributed by atoms with Crippen molar-refractivity contribution < 1.29 is 13.3 Å². The van der Waals surface area contributed by atoms with Crippen molar-refractivity contribution in [1.82, 2.24) is 5.16 Å². The third kappa shape index (κ3) is 2.62. The lowest BCUT2D eigenvalue weighted by Crippen LogP contribution is -2.12. The van der Waals surface area contributed by atoms with Crippen LogP contribution < -0.4 is 11.1 Å². The number of aromatic nitrogens is 1. The first-order valence-electron chi connectivity index (χ1n) is 5.00. The minimum Gasteiger partial charge on any atom is -0.389 e. The zero-order chi connectivity index (χ0) is 13.1. The van der Waals surface area contributed by atoms with Gasteiger partial charge in [0, 0.05) is 11.6 Å². The smallest absolute Gasteiger partial charge is 0.150 e. The molecule has 0 saturated carbocycles. The van der Waals surface area contributed by atoms with E-state index in [1.807, 2.05) is 0 Å². The van der Waals surface area contributed by atoms with Gasteiger partial charge < -0.3 is 15.6 Å². The van der Waals surface area contributed by atoms with Crippen molar-refractivity contribution in [2.45, 2.75) is 6.54 Å². The van der Waals surface area contributed by atoms with E-state index in [0.717, 1.165) is 12.1 Å². The van der Waals surface area contributed by atoms with E-state index in [0.29, 0.717) is 5.69 Å². The zero-order valence-electron chi connectivity index (χ0n) is 9.11. The van der Waals surface area contributed by atoms with Gasteiger partial charge in [0.2, 0.25) is 0 Å². The fourth-order valence-corrected chi connectivity index (χ4v) is 1.51. The van der Waals surface area contributed by atoms with Crippen LogP contribution in [0.25, 0.3) is 0 Å². The first-order valence-corrected chi connectivity index (χ1v) is 5.40. The molecule has 0 bridgehead atoms. The van der Waals surface area contributed by atoms with Crippen LogP contribution in [-0.2, 0) is 6.54 Å². The van der Waals surface area contributed by atoms with Crippen LogP contribution in [0.3, 0.4) is 0 Å². The largest absolute Gasteiger partial charge is 0.389 e. The van der Waals surface area contributed by atoms with Gasteiger partial charge in [-0.1, -0.05) is 17.4 Å². The summed E-state index contributed by atoms with van der Waals surface area (Å²) in [5.74, 6) is -1.53. The van der Waals surface area contributed by atoms with Crippen LogP contribution in [0.5, 0.6) is 0 Å². The topological polar surface area (TPSA) is 64.1 Å². The molecule has 4 nitrogen and oxygen atoms in total. The summed E-state index contributed by atoms with van der Waals surface area (Å²) in [6.45, 7) is 0.150. The number of benzene rings is 1. The maximum Gasteiger partial charge on any atom is 0.150 e. The summed E-state index contributed by atoms with van der Waals surface area (Å²) < 4.78 is 31.9. The molecule has 94 valence electrons. The fraction of sp³-hybridized carbons (Fsp3) is 0.0909. The van der Waals surface area contributed by atoms with Gasteiger partial charge in [-0.2, -0.15) is 0 Å². The third-order valence-electron chi connectivity index (χ3n) is 2.26. The van der Waals surface area contributed by atoms with Gasteiger partial charge in [0.15, 0.2) is 0 Å². The molecule has 1 aromatic heterocycles. The molecule has 1 aromatic carbocycles. The van der Waals surface area contributed by atoms with Crippen molar-refractivity contribution in [2.75, 3.05) is 5.32 Å². The molecule has 1 heterocycles. The molecule has 0 aliphatic carbocycles. The third-order valence-corrected chi connectivity index (χ3v) is 2.50. The molecule has 0 atom stereocenters. The summed E-state index contributed by atoms with van der Waals surface area (Å²) in [5, 5.41) is 6.21. The van der Waals surface area contributed by atoms with Crippen LogP contribution in [0.4, 0.5) is 14.5 Å². The van der Waals surface area contributed by atoms with E-state index in [1.165, 1.54) is 6.26 Å². The van der Waals surface area contributed by atoms with Gasteiger partial charge in [0.25, 0.3) is 0 Å². The van der Waals surface area contributed by atoms with E-state index >= 15 is 0 Å². The molecular formula is C11H9F2N3OS. The van der Waals surface area contributed by atoms with Crippen LogP contribution in [-0.4, -0.2) is 10.1 Å². The normalized spacial score (nSPS) is 10.3. The average Bonchev–Trinajstić information content (AvgIpc) is 2.80. The Hall–Kier alpha value is -2.02. The molecule has 7 heteroatoms. The number of nitrogens with two attached hydrogens (primary N) is 1. The van der Waals surface area contributed by atoms with Crippen LogP contribution in [0.2, 0.25) is 0 Å². The summed E-state index contributed by atoms with van der Waals surface area (Å²) in [7, 11) is 0. The van der Waals surface area contributed by atoms with Crippen molar-refractivity contribution >= 4 is 22.9 Å². The number of hydrogen-bond donors (Lipinski definition) is 2. The number of nitrogens with zero attached hydrogens (tertiary/aromatic N) is 1. The lowest BCUT2D eigenvalue weighted by molar-refractivity contribution is 0.412. The monoisotopic (exact) mass is 269 g/mol. The molecule has 0 fully saturated rings. The molecule has 2 aromatic rings. The second kappa shape index (κ2) is 5.09. The molecule has 18 heavy (non-hydrogen) atoms. The van der Waals surface area contributed by atoms with Gasteiger partial charge in [-0.05, 0) is 12.1 Å². The highest BCUT2D eigenvalue weighted by Gasteiger charge is 2.12. The Morgan fingerprint density at radius 1 is 1.39 bits per heavy atom.